The molecule has 1 atom stereocenters. The van der Waals surface area contributed by atoms with Crippen LogP contribution in [0.15, 0.2) is 54.6 Å². The third-order valence-corrected chi connectivity index (χ3v) is 6.29. The van der Waals surface area contributed by atoms with E-state index in [-0.39, 0.29) is 29.8 Å². The van der Waals surface area contributed by atoms with Gasteiger partial charge in [-0.3, -0.25) is 4.79 Å². The van der Waals surface area contributed by atoms with Crippen molar-refractivity contribution in [3.63, 3.8) is 0 Å². The highest BCUT2D eigenvalue weighted by Gasteiger charge is 2.29. The van der Waals surface area contributed by atoms with Gasteiger partial charge in [-0.1, -0.05) is 48.5 Å². The van der Waals surface area contributed by atoms with Crippen LogP contribution < -0.4 is 10.1 Å². The number of hydrogen-bond donors (Lipinski definition) is 1. The van der Waals surface area contributed by atoms with E-state index >= 15 is 0 Å². The normalized spacial score (nSPS) is 18.4. The Morgan fingerprint density at radius 3 is 2.54 bits per heavy atom. The zero-order valence-electron chi connectivity index (χ0n) is 14.6. The van der Waals surface area contributed by atoms with Crippen molar-refractivity contribution in [3.8, 4) is 16.9 Å². The first-order chi connectivity index (χ1) is 12.5. The van der Waals surface area contributed by atoms with Crippen molar-refractivity contribution in [2.24, 2.45) is 5.92 Å². The van der Waals surface area contributed by atoms with Crippen molar-refractivity contribution in [1.82, 2.24) is 5.32 Å². The molecular formula is C20H23NO4S. The third kappa shape index (κ3) is 5.08. The lowest BCUT2D eigenvalue weighted by Crippen LogP contribution is -2.29. The Hall–Kier alpha value is -2.34. The molecule has 1 heterocycles. The summed E-state index contributed by atoms with van der Waals surface area (Å²) in [7, 11) is -2.94. The molecule has 0 aliphatic carbocycles. The van der Waals surface area contributed by atoms with Crippen molar-refractivity contribution in [2.75, 3.05) is 24.7 Å². The van der Waals surface area contributed by atoms with E-state index in [4.69, 9.17) is 4.74 Å². The second-order valence-corrected chi connectivity index (χ2v) is 8.76. The molecule has 0 saturated carbocycles. The summed E-state index contributed by atoms with van der Waals surface area (Å²) in [6.07, 6.45) is 0.844. The number of sulfone groups is 1. The molecule has 5 nitrogen and oxygen atoms in total. The summed E-state index contributed by atoms with van der Waals surface area (Å²) in [6.45, 7) is 0.750. The highest BCUT2D eigenvalue weighted by atomic mass is 32.2. The molecule has 26 heavy (non-hydrogen) atoms. The first-order valence-corrected chi connectivity index (χ1v) is 10.6. The molecule has 1 aliphatic heterocycles. The highest BCUT2D eigenvalue weighted by molar-refractivity contribution is 7.91. The van der Waals surface area contributed by atoms with Crippen molar-refractivity contribution in [1.29, 1.82) is 0 Å². The molecule has 0 aromatic heterocycles. The van der Waals surface area contributed by atoms with Crippen LogP contribution in [-0.2, 0) is 14.6 Å². The largest absolute Gasteiger partial charge is 0.491 e. The summed E-state index contributed by atoms with van der Waals surface area (Å²) >= 11 is 0. The Bertz CT molecular complexity index is 849. The van der Waals surface area contributed by atoms with Gasteiger partial charge in [0.1, 0.15) is 12.4 Å². The summed E-state index contributed by atoms with van der Waals surface area (Å²) in [5.41, 5.74) is 2.09. The smallest absolute Gasteiger partial charge is 0.220 e. The minimum absolute atomic E-state index is 0.0558. The summed E-state index contributed by atoms with van der Waals surface area (Å²) in [5.74, 6) is 0.924. The van der Waals surface area contributed by atoms with Gasteiger partial charge >= 0.3 is 0 Å². The fourth-order valence-corrected chi connectivity index (χ4v) is 5.03. The molecule has 0 radical (unpaired) electrons. The van der Waals surface area contributed by atoms with Crippen LogP contribution in [-0.4, -0.2) is 39.0 Å². The van der Waals surface area contributed by atoms with Crippen LogP contribution >= 0.6 is 0 Å². The van der Waals surface area contributed by atoms with Crippen LogP contribution in [0.1, 0.15) is 12.8 Å². The average molecular weight is 373 g/mol. The van der Waals surface area contributed by atoms with Gasteiger partial charge in [0.05, 0.1) is 18.1 Å². The monoisotopic (exact) mass is 373 g/mol. The maximum atomic E-state index is 11.9. The molecule has 1 amide bonds. The Morgan fingerprint density at radius 1 is 1.08 bits per heavy atom. The fourth-order valence-electron chi connectivity index (χ4n) is 3.17. The second-order valence-electron chi connectivity index (χ2n) is 6.53. The maximum Gasteiger partial charge on any atom is 0.220 e. The molecule has 1 fully saturated rings. The Kier molecular flexibility index (Phi) is 5.93. The van der Waals surface area contributed by atoms with Crippen LogP contribution in [0.4, 0.5) is 0 Å². The van der Waals surface area contributed by atoms with Gasteiger partial charge in [0.2, 0.25) is 5.91 Å². The van der Waals surface area contributed by atoms with E-state index in [0.29, 0.717) is 19.6 Å². The number of carbonyl (C=O) groups is 1. The van der Waals surface area contributed by atoms with Crippen molar-refractivity contribution in [3.05, 3.63) is 54.6 Å². The van der Waals surface area contributed by atoms with Gasteiger partial charge in [0.25, 0.3) is 0 Å². The lowest BCUT2D eigenvalue weighted by molar-refractivity contribution is -0.121. The second kappa shape index (κ2) is 8.36. The van der Waals surface area contributed by atoms with Crippen LogP contribution in [0.3, 0.4) is 0 Å². The number of ether oxygens (including phenoxy) is 1. The molecule has 2 aromatic rings. The predicted octanol–water partition coefficient (Wildman–Crippen LogP) is 2.67. The lowest BCUT2D eigenvalue weighted by Gasteiger charge is -2.13. The van der Waals surface area contributed by atoms with Gasteiger partial charge in [-0.2, -0.15) is 0 Å². The van der Waals surface area contributed by atoms with Crippen molar-refractivity contribution in [2.45, 2.75) is 12.8 Å². The number of hydrogen-bond acceptors (Lipinski definition) is 4. The first kappa shape index (κ1) is 18.5. The highest BCUT2D eigenvalue weighted by Crippen LogP contribution is 2.29. The SMILES string of the molecule is O=C(C[C@H]1CCS(=O)(=O)C1)NCCOc1ccccc1-c1ccccc1. The zero-order valence-corrected chi connectivity index (χ0v) is 15.4. The fraction of sp³-hybridized carbons (Fsp3) is 0.350. The molecule has 6 heteroatoms. The quantitative estimate of drug-likeness (QED) is 0.758. The number of carbonyl (C=O) groups excluding carboxylic acids is 1. The van der Waals surface area contributed by atoms with E-state index < -0.39 is 9.84 Å². The molecular weight excluding hydrogens is 350 g/mol. The van der Waals surface area contributed by atoms with Crippen molar-refractivity contribution < 1.29 is 17.9 Å². The summed E-state index contributed by atoms with van der Waals surface area (Å²) in [6, 6.07) is 17.8. The molecule has 0 unspecified atom stereocenters. The molecule has 0 spiro atoms. The van der Waals surface area contributed by atoms with Crippen LogP contribution in [0.5, 0.6) is 5.75 Å². The van der Waals surface area contributed by atoms with Gasteiger partial charge in [-0.25, -0.2) is 8.42 Å². The minimum atomic E-state index is -2.94. The van der Waals surface area contributed by atoms with Gasteiger partial charge < -0.3 is 10.1 Å². The molecule has 3 rings (SSSR count). The molecule has 138 valence electrons. The van der Waals surface area contributed by atoms with E-state index in [0.717, 1.165) is 16.9 Å². The Balaban J connectivity index is 1.46. The molecule has 1 saturated heterocycles. The third-order valence-electron chi connectivity index (χ3n) is 4.45. The predicted molar refractivity (Wildman–Crippen MR) is 102 cm³/mol. The van der Waals surface area contributed by atoms with Crippen LogP contribution in [0, 0.1) is 5.92 Å². The number of rotatable bonds is 7. The van der Waals surface area contributed by atoms with Crippen LogP contribution in [0.2, 0.25) is 0 Å². The van der Waals surface area contributed by atoms with E-state index in [1.54, 1.807) is 0 Å². The lowest BCUT2D eigenvalue weighted by atomic mass is 10.0. The van der Waals surface area contributed by atoms with E-state index in [1.165, 1.54) is 0 Å². The van der Waals surface area contributed by atoms with E-state index in [9.17, 15) is 13.2 Å². The van der Waals surface area contributed by atoms with Crippen molar-refractivity contribution >= 4 is 15.7 Å². The first-order valence-electron chi connectivity index (χ1n) is 8.78. The number of amides is 1. The number of nitrogens with one attached hydrogen (secondary N) is 1. The molecule has 2 aromatic carbocycles. The Labute approximate surface area is 154 Å². The van der Waals surface area contributed by atoms with E-state index in [2.05, 4.69) is 5.32 Å². The van der Waals surface area contributed by atoms with E-state index in [1.807, 2.05) is 54.6 Å². The maximum absolute atomic E-state index is 11.9. The van der Waals surface area contributed by atoms with Gasteiger partial charge in [0, 0.05) is 12.0 Å². The molecule has 1 aliphatic rings. The summed E-state index contributed by atoms with van der Waals surface area (Å²) < 4.78 is 28.7. The topological polar surface area (TPSA) is 72.5 Å². The van der Waals surface area contributed by atoms with Gasteiger partial charge in [0.15, 0.2) is 9.84 Å². The number of benzene rings is 2. The molecule has 0 bridgehead atoms. The molecule has 1 N–H and O–H groups in total. The average Bonchev–Trinajstić information content (AvgIpc) is 2.98. The van der Waals surface area contributed by atoms with Gasteiger partial charge in [-0.15, -0.1) is 0 Å². The van der Waals surface area contributed by atoms with Gasteiger partial charge in [-0.05, 0) is 24.0 Å². The minimum Gasteiger partial charge on any atom is -0.491 e. The van der Waals surface area contributed by atoms with Crippen LogP contribution in [0.25, 0.3) is 11.1 Å². The zero-order chi connectivity index (χ0) is 18.4. The number of para-hydroxylation sites is 1. The standard InChI is InChI=1S/C20H23NO4S/c22-20(14-16-10-13-26(23,24)15-16)21-11-12-25-19-9-5-4-8-18(19)17-6-2-1-3-7-17/h1-9,16H,10-15H2,(H,21,22)/t16-/m1/s1. The summed E-state index contributed by atoms with van der Waals surface area (Å²) in [5, 5.41) is 2.81. The Morgan fingerprint density at radius 2 is 1.81 bits per heavy atom. The summed E-state index contributed by atoms with van der Waals surface area (Å²) in [4.78, 5) is 11.9.